The van der Waals surface area contributed by atoms with Gasteiger partial charge < -0.3 is 10.5 Å². The molecule has 100 valence electrons. The average Bonchev–Trinajstić information content (AvgIpc) is 2.46. The molecule has 0 spiro atoms. The van der Waals surface area contributed by atoms with E-state index >= 15 is 0 Å². The van der Waals surface area contributed by atoms with Crippen molar-refractivity contribution in [1.29, 1.82) is 0 Å². The molecule has 0 aliphatic carbocycles. The molecular formula is C14H15ClN2OS. The fourth-order valence-corrected chi connectivity index (χ4v) is 2.82. The van der Waals surface area contributed by atoms with Crippen molar-refractivity contribution < 1.29 is 4.74 Å². The molecule has 1 aromatic heterocycles. The molecule has 0 unspecified atom stereocenters. The number of methoxy groups -OCH3 is 1. The quantitative estimate of drug-likeness (QED) is 0.858. The number of aromatic nitrogens is 1. The van der Waals surface area contributed by atoms with Gasteiger partial charge in [0, 0.05) is 24.1 Å². The number of hydrogen-bond acceptors (Lipinski definition) is 4. The lowest BCUT2D eigenvalue weighted by Gasteiger charge is -2.09. The molecule has 0 aliphatic heterocycles. The summed E-state index contributed by atoms with van der Waals surface area (Å²) >= 11 is 7.68. The van der Waals surface area contributed by atoms with E-state index in [-0.39, 0.29) is 0 Å². The van der Waals surface area contributed by atoms with Gasteiger partial charge in [-0.05, 0) is 29.8 Å². The van der Waals surface area contributed by atoms with Crippen molar-refractivity contribution in [1.82, 2.24) is 4.98 Å². The zero-order valence-corrected chi connectivity index (χ0v) is 12.2. The van der Waals surface area contributed by atoms with Crippen LogP contribution >= 0.6 is 23.4 Å². The molecule has 2 aromatic rings. The normalized spacial score (nSPS) is 10.5. The summed E-state index contributed by atoms with van der Waals surface area (Å²) in [4.78, 5) is 4.25. The van der Waals surface area contributed by atoms with Crippen LogP contribution in [0, 0.1) is 0 Å². The standard InChI is InChI=1S/C14H15ClN2OS/c1-18-13-5-4-10(7-11(13)8-16)9-19-14-12(15)3-2-6-17-14/h2-7H,8-9,16H2,1H3. The number of nitrogens with two attached hydrogens (primary N) is 1. The first-order chi connectivity index (χ1) is 9.24. The Balaban J connectivity index is 2.10. The van der Waals surface area contributed by atoms with Crippen LogP contribution in [0.2, 0.25) is 5.02 Å². The van der Waals surface area contributed by atoms with E-state index in [1.807, 2.05) is 24.3 Å². The molecule has 0 bridgehead atoms. The maximum Gasteiger partial charge on any atom is 0.123 e. The molecule has 0 saturated heterocycles. The van der Waals surface area contributed by atoms with E-state index in [0.717, 1.165) is 22.1 Å². The van der Waals surface area contributed by atoms with E-state index in [1.165, 1.54) is 5.56 Å². The van der Waals surface area contributed by atoms with Gasteiger partial charge in [0.1, 0.15) is 10.8 Å². The first kappa shape index (κ1) is 14.2. The van der Waals surface area contributed by atoms with E-state index < -0.39 is 0 Å². The zero-order valence-electron chi connectivity index (χ0n) is 10.6. The molecule has 2 rings (SSSR count). The fraction of sp³-hybridized carbons (Fsp3) is 0.214. The van der Waals surface area contributed by atoms with Crippen LogP contribution in [0.3, 0.4) is 0 Å². The fourth-order valence-electron chi connectivity index (χ4n) is 1.71. The summed E-state index contributed by atoms with van der Waals surface area (Å²) in [6, 6.07) is 9.70. The summed E-state index contributed by atoms with van der Waals surface area (Å²) < 4.78 is 5.25. The van der Waals surface area contributed by atoms with Crippen LogP contribution in [-0.4, -0.2) is 12.1 Å². The van der Waals surface area contributed by atoms with Gasteiger partial charge in [0.15, 0.2) is 0 Å². The van der Waals surface area contributed by atoms with Gasteiger partial charge in [-0.15, -0.1) is 11.8 Å². The Morgan fingerprint density at radius 3 is 2.89 bits per heavy atom. The molecule has 5 heteroatoms. The summed E-state index contributed by atoms with van der Waals surface area (Å²) in [7, 11) is 1.65. The SMILES string of the molecule is COc1ccc(CSc2ncccc2Cl)cc1CN. The van der Waals surface area contributed by atoms with Gasteiger partial charge in [-0.1, -0.05) is 17.7 Å². The number of rotatable bonds is 5. The van der Waals surface area contributed by atoms with Gasteiger partial charge in [0.05, 0.1) is 12.1 Å². The number of pyridine rings is 1. The minimum atomic E-state index is 0.464. The predicted octanol–water partition coefficient (Wildman–Crippen LogP) is 3.49. The van der Waals surface area contributed by atoms with E-state index in [2.05, 4.69) is 11.1 Å². The lowest BCUT2D eigenvalue weighted by Crippen LogP contribution is -2.00. The zero-order chi connectivity index (χ0) is 13.7. The molecule has 0 aliphatic rings. The Hall–Kier alpha value is -1.23. The van der Waals surface area contributed by atoms with Crippen LogP contribution in [0.5, 0.6) is 5.75 Å². The van der Waals surface area contributed by atoms with Gasteiger partial charge in [-0.3, -0.25) is 0 Å². The Kier molecular flexibility index (Phi) is 5.07. The van der Waals surface area contributed by atoms with Crippen LogP contribution in [0.4, 0.5) is 0 Å². The Labute approximate surface area is 122 Å². The summed E-state index contributed by atoms with van der Waals surface area (Å²) in [6.07, 6.45) is 1.74. The van der Waals surface area contributed by atoms with Gasteiger partial charge in [0.25, 0.3) is 0 Å². The number of halogens is 1. The van der Waals surface area contributed by atoms with Crippen LogP contribution in [0.15, 0.2) is 41.6 Å². The highest BCUT2D eigenvalue weighted by Crippen LogP contribution is 2.28. The van der Waals surface area contributed by atoms with Crippen molar-refractivity contribution >= 4 is 23.4 Å². The maximum absolute atomic E-state index is 6.07. The van der Waals surface area contributed by atoms with E-state index in [1.54, 1.807) is 25.1 Å². The van der Waals surface area contributed by atoms with Gasteiger partial charge in [-0.25, -0.2) is 4.98 Å². The first-order valence-corrected chi connectivity index (χ1v) is 7.20. The third kappa shape index (κ3) is 3.62. The number of hydrogen-bond donors (Lipinski definition) is 1. The smallest absolute Gasteiger partial charge is 0.123 e. The van der Waals surface area contributed by atoms with Crippen LogP contribution in [0.25, 0.3) is 0 Å². The van der Waals surface area contributed by atoms with Crippen LogP contribution in [0.1, 0.15) is 11.1 Å². The lowest BCUT2D eigenvalue weighted by molar-refractivity contribution is 0.409. The number of nitrogens with zero attached hydrogens (tertiary/aromatic N) is 1. The van der Waals surface area contributed by atoms with Crippen molar-refractivity contribution in [2.75, 3.05) is 7.11 Å². The highest BCUT2D eigenvalue weighted by Gasteiger charge is 2.05. The average molecular weight is 295 g/mol. The highest BCUT2D eigenvalue weighted by molar-refractivity contribution is 7.98. The molecule has 2 N–H and O–H groups in total. The number of ether oxygens (including phenoxy) is 1. The van der Waals surface area contributed by atoms with Crippen LogP contribution < -0.4 is 10.5 Å². The Bertz CT molecular complexity index is 563. The Morgan fingerprint density at radius 1 is 1.37 bits per heavy atom. The van der Waals surface area contributed by atoms with E-state index in [4.69, 9.17) is 22.1 Å². The second kappa shape index (κ2) is 6.80. The predicted molar refractivity (Wildman–Crippen MR) is 79.7 cm³/mol. The summed E-state index contributed by atoms with van der Waals surface area (Å²) in [5.74, 6) is 1.63. The van der Waals surface area contributed by atoms with Crippen molar-refractivity contribution in [3.05, 3.63) is 52.7 Å². The van der Waals surface area contributed by atoms with E-state index in [0.29, 0.717) is 11.6 Å². The lowest BCUT2D eigenvalue weighted by atomic mass is 10.1. The molecule has 0 amide bonds. The number of benzene rings is 1. The molecule has 3 nitrogen and oxygen atoms in total. The van der Waals surface area contributed by atoms with E-state index in [9.17, 15) is 0 Å². The topological polar surface area (TPSA) is 48.1 Å². The van der Waals surface area contributed by atoms with Crippen molar-refractivity contribution in [2.24, 2.45) is 5.73 Å². The second-order valence-corrected chi connectivity index (χ2v) is 5.30. The number of thioether (sulfide) groups is 1. The summed E-state index contributed by atoms with van der Waals surface area (Å²) in [6.45, 7) is 0.464. The largest absolute Gasteiger partial charge is 0.496 e. The van der Waals surface area contributed by atoms with Crippen molar-refractivity contribution in [3.8, 4) is 5.75 Å². The van der Waals surface area contributed by atoms with Gasteiger partial charge >= 0.3 is 0 Å². The van der Waals surface area contributed by atoms with Gasteiger partial charge in [-0.2, -0.15) is 0 Å². The Morgan fingerprint density at radius 2 is 2.21 bits per heavy atom. The molecule has 0 radical (unpaired) electrons. The minimum Gasteiger partial charge on any atom is -0.496 e. The molecule has 1 heterocycles. The summed E-state index contributed by atoms with van der Waals surface area (Å²) in [5, 5.41) is 1.52. The van der Waals surface area contributed by atoms with Gasteiger partial charge in [0.2, 0.25) is 0 Å². The molecule has 1 aromatic carbocycles. The minimum absolute atomic E-state index is 0.464. The third-order valence-electron chi connectivity index (χ3n) is 2.66. The monoisotopic (exact) mass is 294 g/mol. The highest BCUT2D eigenvalue weighted by atomic mass is 35.5. The van der Waals surface area contributed by atoms with Crippen molar-refractivity contribution in [2.45, 2.75) is 17.3 Å². The summed E-state index contributed by atoms with van der Waals surface area (Å²) in [5.41, 5.74) is 7.89. The molecule has 0 saturated carbocycles. The molecule has 0 fully saturated rings. The first-order valence-electron chi connectivity index (χ1n) is 5.83. The second-order valence-electron chi connectivity index (χ2n) is 3.93. The van der Waals surface area contributed by atoms with Crippen molar-refractivity contribution in [3.63, 3.8) is 0 Å². The molecular weight excluding hydrogens is 280 g/mol. The third-order valence-corrected chi connectivity index (χ3v) is 4.16. The molecule has 19 heavy (non-hydrogen) atoms. The maximum atomic E-state index is 6.07. The van der Waals surface area contributed by atoms with Crippen LogP contribution in [-0.2, 0) is 12.3 Å². The molecule has 0 atom stereocenters.